The monoisotopic (exact) mass is 283 g/mol. The van der Waals surface area contributed by atoms with Gasteiger partial charge in [-0.15, -0.1) is 0 Å². The lowest BCUT2D eigenvalue weighted by Crippen LogP contribution is -2.14. The van der Waals surface area contributed by atoms with Gasteiger partial charge < -0.3 is 10.4 Å². The van der Waals surface area contributed by atoms with Gasteiger partial charge in [-0.3, -0.25) is 0 Å². The second-order valence-corrected chi connectivity index (χ2v) is 5.48. The minimum Gasteiger partial charge on any atom is -0.478 e. The van der Waals surface area contributed by atoms with E-state index in [1.54, 1.807) is 12.1 Å². The number of hydrogen-bond donors (Lipinski definition) is 2. The maximum atomic E-state index is 10.8. The van der Waals surface area contributed by atoms with Crippen molar-refractivity contribution in [3.8, 4) is 0 Å². The van der Waals surface area contributed by atoms with Gasteiger partial charge in [-0.05, 0) is 55.2 Å². The topological polar surface area (TPSA) is 49.3 Å². The summed E-state index contributed by atoms with van der Waals surface area (Å²) in [6, 6.07) is 11.4. The molecule has 0 fully saturated rings. The zero-order chi connectivity index (χ0) is 15.4. The van der Waals surface area contributed by atoms with E-state index < -0.39 is 5.97 Å². The zero-order valence-electron chi connectivity index (χ0n) is 12.7. The minimum atomic E-state index is -0.889. The first-order valence-corrected chi connectivity index (χ1v) is 7.07. The molecule has 2 N–H and O–H groups in total. The number of carboxylic acid groups (broad SMARTS) is 1. The normalized spacial score (nSPS) is 10.6. The molecule has 0 saturated carbocycles. The maximum Gasteiger partial charge on any atom is 0.335 e. The number of benzene rings is 2. The van der Waals surface area contributed by atoms with Gasteiger partial charge in [0.2, 0.25) is 0 Å². The standard InChI is InChI=1S/C18H21NO2/c1-12-8-13(2)17(14(3)9-12)11-19-10-15-4-6-16(7-5-15)18(20)21/h4-9,19H,10-11H2,1-3H3,(H,20,21). The number of rotatable bonds is 5. The summed E-state index contributed by atoms with van der Waals surface area (Å²) >= 11 is 0. The van der Waals surface area contributed by atoms with Crippen molar-refractivity contribution in [1.29, 1.82) is 0 Å². The number of aromatic carboxylic acids is 1. The molecule has 0 amide bonds. The molecule has 0 aliphatic carbocycles. The third-order valence-electron chi connectivity index (χ3n) is 3.67. The van der Waals surface area contributed by atoms with Crippen LogP contribution in [-0.2, 0) is 13.1 Å². The van der Waals surface area contributed by atoms with Crippen LogP contribution in [0.2, 0.25) is 0 Å². The van der Waals surface area contributed by atoms with Crippen molar-refractivity contribution in [1.82, 2.24) is 5.32 Å². The van der Waals surface area contributed by atoms with Crippen LogP contribution in [0.15, 0.2) is 36.4 Å². The number of nitrogens with one attached hydrogen (secondary N) is 1. The molecule has 3 nitrogen and oxygen atoms in total. The van der Waals surface area contributed by atoms with Crippen LogP contribution in [-0.4, -0.2) is 11.1 Å². The number of carboxylic acids is 1. The second kappa shape index (κ2) is 6.55. The molecular weight excluding hydrogens is 262 g/mol. The summed E-state index contributed by atoms with van der Waals surface area (Å²) in [7, 11) is 0. The molecule has 2 rings (SSSR count). The van der Waals surface area contributed by atoms with Gasteiger partial charge in [0.05, 0.1) is 5.56 Å². The quantitative estimate of drug-likeness (QED) is 0.881. The van der Waals surface area contributed by atoms with Gasteiger partial charge in [0, 0.05) is 13.1 Å². The van der Waals surface area contributed by atoms with Crippen LogP contribution in [0, 0.1) is 20.8 Å². The van der Waals surface area contributed by atoms with E-state index in [2.05, 4.69) is 38.2 Å². The molecule has 2 aromatic rings. The maximum absolute atomic E-state index is 10.8. The summed E-state index contributed by atoms with van der Waals surface area (Å²) in [5.41, 5.74) is 6.65. The van der Waals surface area contributed by atoms with Gasteiger partial charge in [-0.25, -0.2) is 4.79 Å². The summed E-state index contributed by atoms with van der Waals surface area (Å²) in [6.45, 7) is 7.93. The molecule has 0 heterocycles. The average molecular weight is 283 g/mol. The smallest absolute Gasteiger partial charge is 0.335 e. The highest BCUT2D eigenvalue weighted by Gasteiger charge is 2.04. The largest absolute Gasteiger partial charge is 0.478 e. The summed E-state index contributed by atoms with van der Waals surface area (Å²) in [5.74, 6) is -0.889. The summed E-state index contributed by atoms with van der Waals surface area (Å²) in [4.78, 5) is 10.8. The Morgan fingerprint density at radius 1 is 1.00 bits per heavy atom. The Morgan fingerprint density at radius 3 is 2.10 bits per heavy atom. The van der Waals surface area contributed by atoms with Crippen molar-refractivity contribution in [2.75, 3.05) is 0 Å². The zero-order valence-corrected chi connectivity index (χ0v) is 12.7. The Labute approximate surface area is 125 Å². The summed E-state index contributed by atoms with van der Waals surface area (Å²) in [6.07, 6.45) is 0. The molecule has 0 atom stereocenters. The van der Waals surface area contributed by atoms with E-state index in [0.717, 1.165) is 18.7 Å². The van der Waals surface area contributed by atoms with E-state index >= 15 is 0 Å². The fraction of sp³-hybridized carbons (Fsp3) is 0.278. The molecule has 0 aliphatic heterocycles. The molecule has 110 valence electrons. The van der Waals surface area contributed by atoms with Crippen LogP contribution in [0.25, 0.3) is 0 Å². The van der Waals surface area contributed by atoms with Gasteiger partial charge in [-0.1, -0.05) is 29.8 Å². The molecule has 0 unspecified atom stereocenters. The SMILES string of the molecule is Cc1cc(C)c(CNCc2ccc(C(=O)O)cc2)c(C)c1. The highest BCUT2D eigenvalue weighted by atomic mass is 16.4. The Kier molecular flexibility index (Phi) is 4.76. The van der Waals surface area contributed by atoms with E-state index in [0.29, 0.717) is 5.56 Å². The first-order valence-electron chi connectivity index (χ1n) is 7.07. The van der Waals surface area contributed by atoms with Crippen LogP contribution >= 0.6 is 0 Å². The van der Waals surface area contributed by atoms with Crippen molar-refractivity contribution in [2.24, 2.45) is 0 Å². The Bertz CT molecular complexity index is 622. The van der Waals surface area contributed by atoms with Crippen molar-refractivity contribution in [2.45, 2.75) is 33.9 Å². The molecule has 0 aliphatic rings. The molecule has 2 aromatic carbocycles. The first kappa shape index (κ1) is 15.3. The lowest BCUT2D eigenvalue weighted by molar-refractivity contribution is 0.0697. The molecule has 0 bridgehead atoms. The third-order valence-corrected chi connectivity index (χ3v) is 3.67. The molecule has 3 heteroatoms. The van der Waals surface area contributed by atoms with Crippen molar-refractivity contribution < 1.29 is 9.90 Å². The van der Waals surface area contributed by atoms with Crippen LogP contribution in [0.5, 0.6) is 0 Å². The second-order valence-electron chi connectivity index (χ2n) is 5.48. The van der Waals surface area contributed by atoms with Crippen molar-refractivity contribution in [3.63, 3.8) is 0 Å². The molecule has 21 heavy (non-hydrogen) atoms. The van der Waals surface area contributed by atoms with E-state index in [-0.39, 0.29) is 0 Å². The molecule has 0 saturated heterocycles. The lowest BCUT2D eigenvalue weighted by atomic mass is 10.00. The van der Waals surface area contributed by atoms with E-state index in [4.69, 9.17) is 5.11 Å². The first-order chi connectivity index (χ1) is 9.97. The van der Waals surface area contributed by atoms with Gasteiger partial charge in [0.15, 0.2) is 0 Å². The predicted molar refractivity (Wildman–Crippen MR) is 84.6 cm³/mol. The van der Waals surface area contributed by atoms with Gasteiger partial charge >= 0.3 is 5.97 Å². The average Bonchev–Trinajstić information content (AvgIpc) is 2.42. The fourth-order valence-electron chi connectivity index (χ4n) is 2.59. The van der Waals surface area contributed by atoms with Gasteiger partial charge in [-0.2, -0.15) is 0 Å². The van der Waals surface area contributed by atoms with Crippen LogP contribution < -0.4 is 5.32 Å². The van der Waals surface area contributed by atoms with Crippen LogP contribution in [0.1, 0.15) is 38.2 Å². The van der Waals surface area contributed by atoms with Crippen molar-refractivity contribution in [3.05, 3.63) is 69.8 Å². The third kappa shape index (κ3) is 3.92. The highest BCUT2D eigenvalue weighted by molar-refractivity contribution is 5.87. The Balaban J connectivity index is 1.97. The molecular formula is C18H21NO2. The number of carbonyl (C=O) groups is 1. The Morgan fingerprint density at radius 2 is 1.57 bits per heavy atom. The van der Waals surface area contributed by atoms with Gasteiger partial charge in [0.25, 0.3) is 0 Å². The highest BCUT2D eigenvalue weighted by Crippen LogP contribution is 2.16. The molecule has 0 spiro atoms. The van der Waals surface area contributed by atoms with E-state index in [1.807, 2.05) is 12.1 Å². The molecule has 0 radical (unpaired) electrons. The molecule has 0 aromatic heterocycles. The summed E-state index contributed by atoms with van der Waals surface area (Å²) < 4.78 is 0. The fourth-order valence-corrected chi connectivity index (χ4v) is 2.59. The van der Waals surface area contributed by atoms with Crippen LogP contribution in [0.4, 0.5) is 0 Å². The lowest BCUT2D eigenvalue weighted by Gasteiger charge is -2.12. The minimum absolute atomic E-state index is 0.323. The van der Waals surface area contributed by atoms with E-state index in [9.17, 15) is 4.79 Å². The van der Waals surface area contributed by atoms with E-state index in [1.165, 1.54) is 22.3 Å². The predicted octanol–water partition coefficient (Wildman–Crippen LogP) is 3.60. The van der Waals surface area contributed by atoms with Crippen molar-refractivity contribution >= 4 is 5.97 Å². The Hall–Kier alpha value is -2.13. The number of hydrogen-bond acceptors (Lipinski definition) is 2. The van der Waals surface area contributed by atoms with Gasteiger partial charge in [0.1, 0.15) is 0 Å². The number of aryl methyl sites for hydroxylation is 3. The van der Waals surface area contributed by atoms with Crippen LogP contribution in [0.3, 0.4) is 0 Å². The summed E-state index contributed by atoms with van der Waals surface area (Å²) in [5, 5.41) is 12.3.